The number of ether oxygens (including phenoxy) is 2. The number of hydrogen-bond acceptors (Lipinski definition) is 3. The molecule has 0 aliphatic heterocycles. The molecule has 154 valence electrons. The van der Waals surface area contributed by atoms with Crippen molar-refractivity contribution in [3.8, 4) is 5.75 Å². The van der Waals surface area contributed by atoms with E-state index in [1.165, 1.54) is 11.1 Å². The highest BCUT2D eigenvalue weighted by atomic mass is 127. The quantitative estimate of drug-likeness (QED) is 0.223. The number of halogens is 1. The van der Waals surface area contributed by atoms with Crippen molar-refractivity contribution in [3.05, 3.63) is 65.2 Å². The van der Waals surface area contributed by atoms with Crippen LogP contribution in [-0.2, 0) is 17.9 Å². The van der Waals surface area contributed by atoms with Gasteiger partial charge in [-0.1, -0.05) is 42.5 Å². The van der Waals surface area contributed by atoms with E-state index in [0.29, 0.717) is 13.2 Å². The van der Waals surface area contributed by atoms with Crippen LogP contribution in [-0.4, -0.2) is 33.3 Å². The van der Waals surface area contributed by atoms with Gasteiger partial charge in [0.25, 0.3) is 0 Å². The second-order valence-corrected chi connectivity index (χ2v) is 6.41. The van der Waals surface area contributed by atoms with E-state index in [0.717, 1.165) is 43.3 Å². The number of guanidine groups is 1. The Bertz CT molecular complexity index is 708. The van der Waals surface area contributed by atoms with Crippen LogP contribution in [0, 0.1) is 6.92 Å². The molecule has 2 aromatic rings. The maximum atomic E-state index is 5.71. The molecule has 6 heteroatoms. The van der Waals surface area contributed by atoms with E-state index >= 15 is 0 Å². The molecule has 0 saturated carbocycles. The first kappa shape index (κ1) is 24.2. The van der Waals surface area contributed by atoms with E-state index in [4.69, 9.17) is 9.47 Å². The van der Waals surface area contributed by atoms with Crippen molar-refractivity contribution in [3.63, 3.8) is 0 Å². The minimum absolute atomic E-state index is 0. The monoisotopic (exact) mass is 497 g/mol. The number of nitrogens with zero attached hydrogens (tertiary/aromatic N) is 1. The number of aryl methyl sites for hydroxylation is 1. The largest absolute Gasteiger partial charge is 0.496 e. The van der Waals surface area contributed by atoms with E-state index in [1.807, 2.05) is 24.3 Å². The van der Waals surface area contributed by atoms with E-state index in [2.05, 4.69) is 46.8 Å². The zero-order chi connectivity index (χ0) is 19.3. The molecule has 0 bridgehead atoms. The molecule has 0 amide bonds. The van der Waals surface area contributed by atoms with Gasteiger partial charge < -0.3 is 20.1 Å². The van der Waals surface area contributed by atoms with Gasteiger partial charge in [-0.3, -0.25) is 4.99 Å². The molecule has 2 rings (SSSR count). The molecule has 28 heavy (non-hydrogen) atoms. The molecule has 0 fully saturated rings. The second-order valence-electron chi connectivity index (χ2n) is 6.41. The number of methoxy groups -OCH3 is 1. The molecule has 0 aliphatic rings. The number of rotatable bonds is 10. The van der Waals surface area contributed by atoms with Gasteiger partial charge in [-0.15, -0.1) is 24.0 Å². The molecule has 0 heterocycles. The summed E-state index contributed by atoms with van der Waals surface area (Å²) in [5.41, 5.74) is 3.51. The van der Waals surface area contributed by atoms with Crippen LogP contribution in [0.5, 0.6) is 5.75 Å². The lowest BCUT2D eigenvalue weighted by molar-refractivity contribution is 0.117. The first-order valence-electron chi connectivity index (χ1n) is 9.42. The molecule has 2 N–H and O–H groups in total. The van der Waals surface area contributed by atoms with Crippen molar-refractivity contribution in [2.75, 3.05) is 27.3 Å². The van der Waals surface area contributed by atoms with Gasteiger partial charge in [-0.2, -0.15) is 0 Å². The van der Waals surface area contributed by atoms with Gasteiger partial charge >= 0.3 is 0 Å². The predicted molar refractivity (Wildman–Crippen MR) is 127 cm³/mol. The molecule has 2 aromatic carbocycles. The Balaban J connectivity index is 0.00000392. The second kappa shape index (κ2) is 14.2. The lowest BCUT2D eigenvalue weighted by Gasteiger charge is -2.14. The third-order valence-corrected chi connectivity index (χ3v) is 4.23. The first-order chi connectivity index (χ1) is 13.2. The van der Waals surface area contributed by atoms with Crippen LogP contribution in [0.15, 0.2) is 53.5 Å². The molecular formula is C22H32IN3O2. The molecule has 0 atom stereocenters. The van der Waals surface area contributed by atoms with Crippen LogP contribution in [0.25, 0.3) is 0 Å². The topological polar surface area (TPSA) is 54.9 Å². The lowest BCUT2D eigenvalue weighted by Crippen LogP contribution is -2.37. The Hall–Kier alpha value is -1.80. The Morgan fingerprint density at radius 3 is 2.54 bits per heavy atom. The molecule has 0 saturated heterocycles. The van der Waals surface area contributed by atoms with E-state index in [-0.39, 0.29) is 24.0 Å². The average molecular weight is 497 g/mol. The van der Waals surface area contributed by atoms with Crippen molar-refractivity contribution in [2.45, 2.75) is 32.9 Å². The van der Waals surface area contributed by atoms with Crippen LogP contribution in [0.3, 0.4) is 0 Å². The van der Waals surface area contributed by atoms with Gasteiger partial charge in [-0.05, 0) is 37.0 Å². The van der Waals surface area contributed by atoms with Crippen LogP contribution < -0.4 is 15.4 Å². The highest BCUT2D eigenvalue weighted by molar-refractivity contribution is 14.0. The molecule has 0 unspecified atom stereocenters. The van der Waals surface area contributed by atoms with Crippen molar-refractivity contribution in [2.24, 2.45) is 4.99 Å². The van der Waals surface area contributed by atoms with E-state index < -0.39 is 0 Å². The number of unbranched alkanes of at least 4 members (excludes halogenated alkanes) is 1. The summed E-state index contributed by atoms with van der Waals surface area (Å²) in [6.07, 6.45) is 2.05. The number of nitrogens with one attached hydrogen (secondary N) is 2. The minimum Gasteiger partial charge on any atom is -0.496 e. The van der Waals surface area contributed by atoms with Gasteiger partial charge in [0.05, 0.1) is 13.7 Å². The molecule has 0 radical (unpaired) electrons. The molecule has 0 aromatic heterocycles. The first-order valence-corrected chi connectivity index (χ1v) is 9.42. The zero-order valence-electron chi connectivity index (χ0n) is 17.0. The highest BCUT2D eigenvalue weighted by Crippen LogP contribution is 2.19. The normalized spacial score (nSPS) is 10.9. The van der Waals surface area contributed by atoms with Crippen molar-refractivity contribution in [1.29, 1.82) is 0 Å². The number of aliphatic imine (C=N–C) groups is 1. The summed E-state index contributed by atoms with van der Waals surface area (Å²) in [7, 11) is 3.48. The Labute approximate surface area is 186 Å². The van der Waals surface area contributed by atoms with E-state index in [1.54, 1.807) is 14.2 Å². The third kappa shape index (κ3) is 8.93. The van der Waals surface area contributed by atoms with Crippen molar-refractivity contribution in [1.82, 2.24) is 10.6 Å². The third-order valence-electron chi connectivity index (χ3n) is 4.23. The van der Waals surface area contributed by atoms with Crippen LogP contribution >= 0.6 is 24.0 Å². The highest BCUT2D eigenvalue weighted by Gasteiger charge is 2.04. The summed E-state index contributed by atoms with van der Waals surface area (Å²) >= 11 is 0. The standard InChI is InChI=1S/C22H31N3O2.HI/c1-18-11-12-20(21(15-18)26-3)16-25-22(23-2)24-13-7-8-14-27-17-19-9-5-4-6-10-19;/h4-6,9-12,15H,7-8,13-14,16-17H2,1-3H3,(H2,23,24,25);1H. The van der Waals surface area contributed by atoms with Gasteiger partial charge in [0.15, 0.2) is 5.96 Å². The summed E-state index contributed by atoms with van der Waals surface area (Å²) in [4.78, 5) is 4.27. The van der Waals surface area contributed by atoms with Crippen LogP contribution in [0.4, 0.5) is 0 Å². The fraction of sp³-hybridized carbons (Fsp3) is 0.409. The Morgan fingerprint density at radius 2 is 1.82 bits per heavy atom. The van der Waals surface area contributed by atoms with Gasteiger partial charge in [0.1, 0.15) is 5.75 Å². The SMILES string of the molecule is CN=C(NCCCCOCc1ccccc1)NCc1ccc(C)cc1OC.I. The van der Waals surface area contributed by atoms with E-state index in [9.17, 15) is 0 Å². The molecular weight excluding hydrogens is 465 g/mol. The summed E-state index contributed by atoms with van der Waals surface area (Å²) in [6, 6.07) is 16.5. The summed E-state index contributed by atoms with van der Waals surface area (Å²) in [6.45, 7) is 5.03. The predicted octanol–water partition coefficient (Wildman–Crippen LogP) is 4.28. The van der Waals surface area contributed by atoms with Gasteiger partial charge in [-0.25, -0.2) is 0 Å². The van der Waals surface area contributed by atoms with Gasteiger partial charge in [0.2, 0.25) is 0 Å². The van der Waals surface area contributed by atoms with Crippen molar-refractivity contribution >= 4 is 29.9 Å². The minimum atomic E-state index is 0. The van der Waals surface area contributed by atoms with Crippen molar-refractivity contribution < 1.29 is 9.47 Å². The van der Waals surface area contributed by atoms with Crippen LogP contribution in [0.1, 0.15) is 29.5 Å². The average Bonchev–Trinajstić information content (AvgIpc) is 2.71. The number of benzene rings is 2. The number of hydrogen-bond donors (Lipinski definition) is 2. The maximum absolute atomic E-state index is 5.71. The Morgan fingerprint density at radius 1 is 1.04 bits per heavy atom. The summed E-state index contributed by atoms with van der Waals surface area (Å²) in [5.74, 6) is 1.69. The van der Waals surface area contributed by atoms with Crippen LogP contribution in [0.2, 0.25) is 0 Å². The molecule has 0 spiro atoms. The summed E-state index contributed by atoms with van der Waals surface area (Å²) in [5, 5.41) is 6.67. The Kier molecular flexibility index (Phi) is 12.3. The fourth-order valence-corrected chi connectivity index (χ4v) is 2.70. The fourth-order valence-electron chi connectivity index (χ4n) is 2.70. The molecule has 5 nitrogen and oxygen atoms in total. The smallest absolute Gasteiger partial charge is 0.191 e. The zero-order valence-corrected chi connectivity index (χ0v) is 19.4. The maximum Gasteiger partial charge on any atom is 0.191 e. The van der Waals surface area contributed by atoms with Gasteiger partial charge in [0, 0.05) is 32.3 Å². The lowest BCUT2D eigenvalue weighted by atomic mass is 10.1. The summed E-state index contributed by atoms with van der Waals surface area (Å²) < 4.78 is 11.2. The molecule has 0 aliphatic carbocycles.